The van der Waals surface area contributed by atoms with E-state index < -0.39 is 0 Å². The zero-order chi connectivity index (χ0) is 15.8. The monoisotopic (exact) mass is 285 g/mol. The molecule has 2 rings (SSSR count). The average molecular weight is 285 g/mol. The topological polar surface area (TPSA) is 61.0 Å². The third kappa shape index (κ3) is 2.99. The first kappa shape index (κ1) is 15.3. The number of aromatic nitrogens is 2. The summed E-state index contributed by atoms with van der Waals surface area (Å²) in [5.41, 5.74) is 9.76. The molecule has 112 valence electrons. The van der Waals surface area contributed by atoms with Crippen LogP contribution in [0, 0.1) is 13.8 Å². The highest BCUT2D eigenvalue weighted by molar-refractivity contribution is 5.73. The lowest BCUT2D eigenvalue weighted by molar-refractivity contribution is 0.416. The van der Waals surface area contributed by atoms with E-state index in [1.807, 2.05) is 26.0 Å². The maximum Gasteiger partial charge on any atom is 0.136 e. The van der Waals surface area contributed by atoms with Crippen molar-refractivity contribution in [3.63, 3.8) is 0 Å². The van der Waals surface area contributed by atoms with Crippen LogP contribution in [-0.2, 0) is 5.41 Å². The highest BCUT2D eigenvalue weighted by Crippen LogP contribution is 2.34. The second-order valence-corrected chi connectivity index (χ2v) is 6.36. The molecule has 2 N–H and O–H groups in total. The van der Waals surface area contributed by atoms with Crippen LogP contribution in [0.2, 0.25) is 0 Å². The summed E-state index contributed by atoms with van der Waals surface area (Å²) >= 11 is 0. The van der Waals surface area contributed by atoms with E-state index >= 15 is 0 Å². The van der Waals surface area contributed by atoms with Gasteiger partial charge in [0.25, 0.3) is 0 Å². The number of rotatable bonds is 2. The Kier molecular flexibility index (Phi) is 3.90. The fourth-order valence-corrected chi connectivity index (χ4v) is 2.14. The van der Waals surface area contributed by atoms with E-state index in [1.54, 1.807) is 7.11 Å². The zero-order valence-electron chi connectivity index (χ0n) is 13.6. The first-order valence-corrected chi connectivity index (χ1v) is 7.03. The summed E-state index contributed by atoms with van der Waals surface area (Å²) in [6.45, 7) is 10.2. The van der Waals surface area contributed by atoms with Crippen molar-refractivity contribution in [1.29, 1.82) is 0 Å². The minimum Gasteiger partial charge on any atom is -0.496 e. The Balaban J connectivity index is 2.74. The molecule has 0 aliphatic rings. The zero-order valence-corrected chi connectivity index (χ0v) is 13.6. The van der Waals surface area contributed by atoms with Crippen molar-refractivity contribution in [2.75, 3.05) is 12.8 Å². The van der Waals surface area contributed by atoms with Crippen LogP contribution in [0.25, 0.3) is 11.3 Å². The van der Waals surface area contributed by atoms with Crippen molar-refractivity contribution in [2.24, 2.45) is 0 Å². The lowest BCUT2D eigenvalue weighted by Gasteiger charge is -2.20. The van der Waals surface area contributed by atoms with Crippen molar-refractivity contribution < 1.29 is 4.74 Å². The number of hydrogen-bond donors (Lipinski definition) is 1. The smallest absolute Gasteiger partial charge is 0.136 e. The van der Waals surface area contributed by atoms with E-state index in [0.29, 0.717) is 5.82 Å². The molecule has 21 heavy (non-hydrogen) atoms. The highest BCUT2D eigenvalue weighted by atomic mass is 16.5. The van der Waals surface area contributed by atoms with Crippen molar-refractivity contribution >= 4 is 5.82 Å². The lowest BCUT2D eigenvalue weighted by atomic mass is 9.94. The van der Waals surface area contributed by atoms with E-state index in [1.165, 1.54) is 0 Å². The third-order valence-electron chi connectivity index (χ3n) is 3.46. The van der Waals surface area contributed by atoms with Gasteiger partial charge >= 0.3 is 0 Å². The number of aryl methyl sites for hydroxylation is 1. The van der Waals surface area contributed by atoms with Crippen LogP contribution in [0.4, 0.5) is 5.82 Å². The minimum atomic E-state index is -0.159. The maximum absolute atomic E-state index is 6.09. The predicted octanol–water partition coefficient (Wildman–Crippen LogP) is 3.65. The van der Waals surface area contributed by atoms with Crippen LogP contribution < -0.4 is 10.5 Å². The van der Waals surface area contributed by atoms with E-state index in [2.05, 4.69) is 31.8 Å². The fraction of sp³-hybridized carbons (Fsp3) is 0.412. The molecule has 0 saturated heterocycles. The largest absolute Gasteiger partial charge is 0.496 e. The molecule has 0 bridgehead atoms. The second-order valence-electron chi connectivity index (χ2n) is 6.36. The van der Waals surface area contributed by atoms with E-state index in [4.69, 9.17) is 15.5 Å². The molecule has 2 aromatic rings. The van der Waals surface area contributed by atoms with Gasteiger partial charge in [0.05, 0.1) is 12.8 Å². The van der Waals surface area contributed by atoms with Crippen molar-refractivity contribution in [3.05, 3.63) is 35.2 Å². The summed E-state index contributed by atoms with van der Waals surface area (Å²) in [5.74, 6) is 2.05. The molecule has 0 amide bonds. The van der Waals surface area contributed by atoms with E-state index in [9.17, 15) is 0 Å². The van der Waals surface area contributed by atoms with Gasteiger partial charge in [-0.2, -0.15) is 0 Å². The molecule has 0 saturated carbocycles. The normalized spacial score (nSPS) is 11.5. The molecule has 1 heterocycles. The molecule has 0 unspecified atom stereocenters. The molecule has 0 aliphatic carbocycles. The summed E-state index contributed by atoms with van der Waals surface area (Å²) in [5, 5.41) is 0. The molecule has 4 heteroatoms. The maximum atomic E-state index is 6.09. The first-order chi connectivity index (χ1) is 9.74. The summed E-state index contributed by atoms with van der Waals surface area (Å²) in [6, 6.07) is 6.05. The molecule has 4 nitrogen and oxygen atoms in total. The van der Waals surface area contributed by atoms with Crippen LogP contribution >= 0.6 is 0 Å². The summed E-state index contributed by atoms with van der Waals surface area (Å²) in [6.07, 6.45) is 0. The van der Waals surface area contributed by atoms with Crippen LogP contribution in [0.1, 0.15) is 37.7 Å². The highest BCUT2D eigenvalue weighted by Gasteiger charge is 2.22. The number of anilines is 1. The van der Waals surface area contributed by atoms with Gasteiger partial charge in [-0.25, -0.2) is 9.97 Å². The molecule has 0 atom stereocenters. The van der Waals surface area contributed by atoms with Crippen molar-refractivity contribution in [2.45, 2.75) is 40.0 Å². The Bertz CT molecular complexity index is 672. The molecule has 0 aliphatic heterocycles. The molecule has 1 aromatic carbocycles. The molecule has 0 fully saturated rings. The second kappa shape index (κ2) is 5.35. The Morgan fingerprint density at radius 3 is 2.33 bits per heavy atom. The van der Waals surface area contributed by atoms with E-state index in [-0.39, 0.29) is 5.41 Å². The average Bonchev–Trinajstić information content (AvgIpc) is 2.40. The van der Waals surface area contributed by atoms with Crippen LogP contribution in [-0.4, -0.2) is 17.1 Å². The number of benzene rings is 1. The Labute approximate surface area is 126 Å². The third-order valence-corrected chi connectivity index (χ3v) is 3.46. The Morgan fingerprint density at radius 1 is 1.10 bits per heavy atom. The van der Waals surface area contributed by atoms with Gasteiger partial charge in [0, 0.05) is 16.5 Å². The number of nitrogens with zero attached hydrogens (tertiary/aromatic N) is 2. The number of nitrogens with two attached hydrogens (primary N) is 1. The molecular formula is C17H23N3O. The summed E-state index contributed by atoms with van der Waals surface area (Å²) < 4.78 is 5.47. The SMILES string of the molecule is COc1ccc(C)cc1-c1nc(C(C)(C)C)nc(N)c1C. The first-order valence-electron chi connectivity index (χ1n) is 7.03. The van der Waals surface area contributed by atoms with Gasteiger partial charge in [0.2, 0.25) is 0 Å². The molecule has 1 aromatic heterocycles. The summed E-state index contributed by atoms with van der Waals surface area (Å²) in [7, 11) is 1.67. The fourth-order valence-electron chi connectivity index (χ4n) is 2.14. The number of hydrogen-bond acceptors (Lipinski definition) is 4. The molecular weight excluding hydrogens is 262 g/mol. The van der Waals surface area contributed by atoms with Crippen LogP contribution in [0.5, 0.6) is 5.75 Å². The van der Waals surface area contributed by atoms with Gasteiger partial charge in [-0.15, -0.1) is 0 Å². The van der Waals surface area contributed by atoms with Gasteiger partial charge in [-0.3, -0.25) is 0 Å². The lowest BCUT2D eigenvalue weighted by Crippen LogP contribution is -2.18. The van der Waals surface area contributed by atoms with Gasteiger partial charge in [-0.05, 0) is 26.0 Å². The molecule has 0 spiro atoms. The molecule has 0 radical (unpaired) electrons. The van der Waals surface area contributed by atoms with Crippen LogP contribution in [0.3, 0.4) is 0 Å². The number of ether oxygens (including phenoxy) is 1. The minimum absolute atomic E-state index is 0.159. The van der Waals surface area contributed by atoms with Gasteiger partial charge < -0.3 is 10.5 Å². The Hall–Kier alpha value is -2.10. The van der Waals surface area contributed by atoms with Gasteiger partial charge in [0.1, 0.15) is 17.4 Å². The van der Waals surface area contributed by atoms with Crippen molar-refractivity contribution in [1.82, 2.24) is 9.97 Å². The predicted molar refractivity (Wildman–Crippen MR) is 86.6 cm³/mol. The number of nitrogen functional groups attached to an aromatic ring is 1. The summed E-state index contributed by atoms with van der Waals surface area (Å²) in [4.78, 5) is 9.19. The standard InChI is InChI=1S/C17H23N3O/c1-10-7-8-13(21-6)12(9-10)14-11(2)15(18)20-16(19-14)17(3,4)5/h7-9H,1-6H3,(H2,18,19,20). The van der Waals surface area contributed by atoms with E-state index in [0.717, 1.165) is 34.0 Å². The van der Waals surface area contributed by atoms with Crippen molar-refractivity contribution in [3.8, 4) is 17.0 Å². The van der Waals surface area contributed by atoms with Crippen LogP contribution in [0.15, 0.2) is 18.2 Å². The van der Waals surface area contributed by atoms with Gasteiger partial charge in [0.15, 0.2) is 0 Å². The Morgan fingerprint density at radius 2 is 1.76 bits per heavy atom. The van der Waals surface area contributed by atoms with Gasteiger partial charge in [-0.1, -0.05) is 32.4 Å². The quantitative estimate of drug-likeness (QED) is 0.915. The number of methoxy groups -OCH3 is 1.